The second-order valence-corrected chi connectivity index (χ2v) is 5.22. The normalized spacial score (nSPS) is 25.8. The lowest BCUT2D eigenvalue weighted by Crippen LogP contribution is -2.53. The molecule has 1 saturated heterocycles. The molecule has 0 saturated carbocycles. The topological polar surface area (TPSA) is 85.3 Å². The zero-order valence-corrected chi connectivity index (χ0v) is 11.6. The minimum absolute atomic E-state index is 0.334. The third kappa shape index (κ3) is 2.90. The molecule has 0 spiro atoms. The van der Waals surface area contributed by atoms with E-state index in [0.29, 0.717) is 30.2 Å². The Bertz CT molecular complexity index is 619. The highest BCUT2D eigenvalue weighted by Gasteiger charge is 2.35. The number of anilines is 2. The number of nitrogens with zero attached hydrogens (tertiary/aromatic N) is 1. The van der Waals surface area contributed by atoms with E-state index in [1.54, 1.807) is 18.2 Å². The van der Waals surface area contributed by atoms with Crippen LogP contribution in [-0.4, -0.2) is 24.5 Å². The highest BCUT2D eigenvalue weighted by atomic mass is 19.1. The van der Waals surface area contributed by atoms with E-state index < -0.39 is 11.8 Å². The molecule has 0 radical (unpaired) electrons. The van der Waals surface area contributed by atoms with Gasteiger partial charge in [0.05, 0.1) is 0 Å². The fourth-order valence-electron chi connectivity index (χ4n) is 2.46. The van der Waals surface area contributed by atoms with Crippen molar-refractivity contribution in [1.29, 1.82) is 0 Å². The molecule has 1 unspecified atom stereocenters. The van der Waals surface area contributed by atoms with E-state index in [9.17, 15) is 4.39 Å². The maximum atomic E-state index is 14.2. The summed E-state index contributed by atoms with van der Waals surface area (Å²) in [6.45, 7) is 2.86. The lowest BCUT2D eigenvalue weighted by Gasteiger charge is -2.38. The molecule has 2 atom stereocenters. The number of rotatable bonds is 3. The Balaban J connectivity index is 1.90. The SMILES string of the molecule is CC1(c2cc(Nc3ccon3)ccc2F)CNC[C@H](N)O1. The summed E-state index contributed by atoms with van der Waals surface area (Å²) in [5.41, 5.74) is 6.13. The van der Waals surface area contributed by atoms with Crippen LogP contribution in [0.25, 0.3) is 0 Å². The van der Waals surface area contributed by atoms with Gasteiger partial charge in [0, 0.05) is 30.4 Å². The second kappa shape index (κ2) is 5.44. The monoisotopic (exact) mass is 292 g/mol. The van der Waals surface area contributed by atoms with Gasteiger partial charge in [-0.05, 0) is 25.1 Å². The first-order valence-electron chi connectivity index (χ1n) is 6.68. The molecule has 112 valence electrons. The Morgan fingerprint density at radius 1 is 1.48 bits per heavy atom. The molecule has 6 nitrogen and oxygen atoms in total. The van der Waals surface area contributed by atoms with Gasteiger partial charge in [0.15, 0.2) is 5.82 Å². The largest absolute Gasteiger partial charge is 0.363 e. The van der Waals surface area contributed by atoms with Crippen molar-refractivity contribution in [1.82, 2.24) is 10.5 Å². The quantitative estimate of drug-likeness (QED) is 0.798. The number of nitrogens with one attached hydrogen (secondary N) is 2. The number of ether oxygens (including phenoxy) is 1. The molecule has 2 aromatic rings. The summed E-state index contributed by atoms with van der Waals surface area (Å²) in [4.78, 5) is 0. The zero-order valence-electron chi connectivity index (χ0n) is 11.6. The van der Waals surface area contributed by atoms with E-state index in [0.717, 1.165) is 0 Å². The van der Waals surface area contributed by atoms with Crippen molar-refractivity contribution in [2.24, 2.45) is 5.73 Å². The van der Waals surface area contributed by atoms with Crippen molar-refractivity contribution in [2.45, 2.75) is 18.8 Å². The molecular weight excluding hydrogens is 275 g/mol. The molecule has 1 aromatic carbocycles. The molecule has 0 amide bonds. The minimum Gasteiger partial charge on any atom is -0.363 e. The number of hydrogen-bond donors (Lipinski definition) is 3. The molecule has 1 aliphatic heterocycles. The lowest BCUT2D eigenvalue weighted by atomic mass is 9.93. The number of hydrogen-bond acceptors (Lipinski definition) is 6. The van der Waals surface area contributed by atoms with Crippen LogP contribution in [0.1, 0.15) is 12.5 Å². The fraction of sp³-hybridized carbons (Fsp3) is 0.357. The van der Waals surface area contributed by atoms with E-state index >= 15 is 0 Å². The van der Waals surface area contributed by atoms with Crippen molar-refractivity contribution in [3.05, 3.63) is 41.9 Å². The van der Waals surface area contributed by atoms with Crippen LogP contribution in [0.4, 0.5) is 15.9 Å². The van der Waals surface area contributed by atoms with Crippen LogP contribution in [0.3, 0.4) is 0 Å². The third-order valence-corrected chi connectivity index (χ3v) is 3.47. The molecule has 0 bridgehead atoms. The number of nitrogens with two attached hydrogens (primary N) is 1. The fourth-order valence-corrected chi connectivity index (χ4v) is 2.46. The Morgan fingerprint density at radius 3 is 3.05 bits per heavy atom. The molecule has 2 heterocycles. The van der Waals surface area contributed by atoms with Crippen LogP contribution >= 0.6 is 0 Å². The number of aromatic nitrogens is 1. The molecule has 1 aromatic heterocycles. The Kier molecular flexibility index (Phi) is 3.62. The van der Waals surface area contributed by atoms with Crippen molar-refractivity contribution < 1.29 is 13.7 Å². The first kappa shape index (κ1) is 14.0. The lowest BCUT2D eigenvalue weighted by molar-refractivity contribution is -0.109. The average molecular weight is 292 g/mol. The van der Waals surface area contributed by atoms with Gasteiger partial charge < -0.3 is 25.6 Å². The second-order valence-electron chi connectivity index (χ2n) is 5.22. The minimum atomic E-state index is -0.816. The van der Waals surface area contributed by atoms with E-state index in [2.05, 4.69) is 15.8 Å². The number of benzene rings is 1. The Morgan fingerprint density at radius 2 is 2.33 bits per heavy atom. The number of halogens is 1. The predicted molar refractivity (Wildman–Crippen MR) is 75.5 cm³/mol. The maximum absolute atomic E-state index is 14.2. The van der Waals surface area contributed by atoms with Gasteiger partial charge in [-0.25, -0.2) is 4.39 Å². The van der Waals surface area contributed by atoms with E-state index in [1.165, 1.54) is 12.3 Å². The van der Waals surface area contributed by atoms with Crippen LogP contribution in [-0.2, 0) is 10.3 Å². The van der Waals surface area contributed by atoms with E-state index in [-0.39, 0.29) is 5.82 Å². The van der Waals surface area contributed by atoms with Crippen LogP contribution in [0.5, 0.6) is 0 Å². The van der Waals surface area contributed by atoms with Crippen molar-refractivity contribution in [3.63, 3.8) is 0 Å². The third-order valence-electron chi connectivity index (χ3n) is 3.47. The Hall–Kier alpha value is -1.96. The molecule has 7 heteroatoms. The van der Waals surface area contributed by atoms with Gasteiger partial charge in [0.1, 0.15) is 23.9 Å². The van der Waals surface area contributed by atoms with Gasteiger partial charge in [0.25, 0.3) is 0 Å². The summed E-state index contributed by atoms with van der Waals surface area (Å²) in [6.07, 6.45) is 0.997. The van der Waals surface area contributed by atoms with Gasteiger partial charge in [-0.2, -0.15) is 0 Å². The first-order valence-corrected chi connectivity index (χ1v) is 6.68. The smallest absolute Gasteiger partial charge is 0.173 e. The molecular formula is C14H17FN4O2. The van der Waals surface area contributed by atoms with Gasteiger partial charge in [-0.3, -0.25) is 0 Å². The highest BCUT2D eigenvalue weighted by molar-refractivity contribution is 5.57. The molecule has 4 N–H and O–H groups in total. The molecule has 1 fully saturated rings. The standard InChI is InChI=1S/C14H17FN4O2/c1-14(8-17-7-12(16)21-14)10-6-9(2-3-11(10)15)18-13-4-5-20-19-13/h2-6,12,17H,7-8,16H2,1H3,(H,18,19)/t12-,14?/m1/s1. The Labute approximate surface area is 121 Å². The van der Waals surface area contributed by atoms with E-state index in [4.69, 9.17) is 15.0 Å². The van der Waals surface area contributed by atoms with Crippen molar-refractivity contribution >= 4 is 11.5 Å². The van der Waals surface area contributed by atoms with Crippen LogP contribution < -0.4 is 16.4 Å². The van der Waals surface area contributed by atoms with Gasteiger partial charge in [-0.1, -0.05) is 5.16 Å². The molecule has 1 aliphatic rings. The van der Waals surface area contributed by atoms with Crippen molar-refractivity contribution in [3.8, 4) is 0 Å². The summed E-state index contributed by atoms with van der Waals surface area (Å²) in [5.74, 6) is 0.219. The predicted octanol–water partition coefficient (Wildman–Crippen LogP) is 1.68. The summed E-state index contributed by atoms with van der Waals surface area (Å²) < 4.78 is 24.7. The summed E-state index contributed by atoms with van der Waals surface area (Å²) in [7, 11) is 0. The maximum Gasteiger partial charge on any atom is 0.173 e. The van der Waals surface area contributed by atoms with E-state index in [1.807, 2.05) is 6.92 Å². The van der Waals surface area contributed by atoms with Gasteiger partial charge in [-0.15, -0.1) is 0 Å². The highest BCUT2D eigenvalue weighted by Crippen LogP contribution is 2.32. The number of morpholine rings is 1. The molecule has 21 heavy (non-hydrogen) atoms. The zero-order chi connectivity index (χ0) is 14.9. The van der Waals surface area contributed by atoms with Gasteiger partial charge >= 0.3 is 0 Å². The molecule has 3 rings (SSSR count). The summed E-state index contributed by atoms with van der Waals surface area (Å²) in [5, 5.41) is 9.95. The van der Waals surface area contributed by atoms with Crippen molar-refractivity contribution in [2.75, 3.05) is 18.4 Å². The summed E-state index contributed by atoms with van der Waals surface area (Å²) in [6, 6.07) is 6.41. The average Bonchev–Trinajstić information content (AvgIpc) is 2.93. The van der Waals surface area contributed by atoms with Gasteiger partial charge in [0.2, 0.25) is 0 Å². The van der Waals surface area contributed by atoms with Crippen LogP contribution in [0, 0.1) is 5.82 Å². The first-order chi connectivity index (χ1) is 10.1. The van der Waals surface area contributed by atoms with Crippen LogP contribution in [0.2, 0.25) is 0 Å². The summed E-state index contributed by atoms with van der Waals surface area (Å²) >= 11 is 0. The van der Waals surface area contributed by atoms with Crippen LogP contribution in [0.15, 0.2) is 35.1 Å². The molecule has 0 aliphatic carbocycles.